The monoisotopic (exact) mass is 1130 g/mol. The van der Waals surface area contributed by atoms with E-state index in [0.717, 1.165) is 92.7 Å². The molecule has 73 heavy (non-hydrogen) atoms. The molecule has 4 nitrogen and oxygen atoms in total. The van der Waals surface area contributed by atoms with E-state index in [4.69, 9.17) is 6.85 Å². The van der Waals surface area contributed by atoms with Gasteiger partial charge in [0.2, 0.25) is 0 Å². The van der Waals surface area contributed by atoms with E-state index >= 15 is 0 Å². The summed E-state index contributed by atoms with van der Waals surface area (Å²) in [5.41, 5.74) is 17.6. The topological polar surface area (TPSA) is 62.5 Å². The van der Waals surface area contributed by atoms with Crippen LogP contribution in [0.2, 0.25) is 0 Å². The van der Waals surface area contributed by atoms with Gasteiger partial charge in [0.1, 0.15) is 0 Å². The minimum atomic E-state index is -2.28. The van der Waals surface area contributed by atoms with Crippen molar-refractivity contribution in [1.82, 2.24) is 15.0 Å². The smallest absolute Gasteiger partial charge is 0.305 e. The van der Waals surface area contributed by atoms with Crippen LogP contribution in [-0.4, -0.2) is 15.0 Å². The molecular weight excluding hydrogens is 1060 g/mol. The molecule has 0 spiro atoms. The molecule has 0 bridgehead atoms. The molecule has 0 aliphatic rings. The van der Waals surface area contributed by atoms with Gasteiger partial charge in [-0.2, -0.15) is 5.26 Å². The third kappa shape index (κ3) is 12.3. The largest absolute Gasteiger partial charge is 3.00 e. The molecule has 0 N–H and O–H groups in total. The van der Waals surface area contributed by atoms with Gasteiger partial charge in [-0.15, -0.1) is 94.5 Å². The van der Waals surface area contributed by atoms with E-state index in [0.29, 0.717) is 22.4 Å². The predicted octanol–water partition coefficient (Wildman–Crippen LogP) is 16.3. The van der Waals surface area contributed by atoms with Crippen molar-refractivity contribution in [3.63, 3.8) is 0 Å². The normalized spacial score (nSPS) is 12.5. The van der Waals surface area contributed by atoms with Gasteiger partial charge in [-0.3, -0.25) is 0 Å². The van der Waals surface area contributed by atoms with Crippen LogP contribution in [0, 0.1) is 41.8 Å². The van der Waals surface area contributed by atoms with Gasteiger partial charge < -0.3 is 15.0 Å². The number of hydrogen-bond donors (Lipinski definition) is 0. The van der Waals surface area contributed by atoms with E-state index in [1.807, 2.05) is 87.5 Å². The van der Waals surface area contributed by atoms with Crippen LogP contribution >= 0.6 is 0 Å². The average Bonchev–Trinajstić information content (AvgIpc) is 3.47. The van der Waals surface area contributed by atoms with Crippen LogP contribution in [0.1, 0.15) is 66.6 Å². The van der Waals surface area contributed by atoms with Gasteiger partial charge in [0.15, 0.2) is 0 Å². The fourth-order valence-electron chi connectivity index (χ4n) is 9.17. The van der Waals surface area contributed by atoms with Crippen LogP contribution in [0.5, 0.6) is 0 Å². The first kappa shape index (κ1) is 43.9. The Morgan fingerprint density at radius 2 is 1.07 bits per heavy atom. The molecule has 0 saturated carbocycles. The summed E-state index contributed by atoms with van der Waals surface area (Å²) in [5, 5.41) is 10.0. The van der Waals surface area contributed by atoms with E-state index in [2.05, 4.69) is 136 Å². The third-order valence-corrected chi connectivity index (χ3v) is 12.8. The van der Waals surface area contributed by atoms with Crippen LogP contribution in [-0.2, 0) is 52.2 Å². The Balaban J connectivity index is 0.00000740. The maximum absolute atomic E-state index is 10.0. The van der Waals surface area contributed by atoms with Crippen molar-refractivity contribution in [3.05, 3.63) is 258 Å². The fourth-order valence-corrected chi connectivity index (χ4v) is 9.17. The van der Waals surface area contributed by atoms with Crippen LogP contribution in [0.15, 0.2) is 201 Å². The van der Waals surface area contributed by atoms with Gasteiger partial charge in [-0.1, -0.05) is 159 Å². The molecule has 356 valence electrons. The Morgan fingerprint density at radius 1 is 0.493 bits per heavy atom. The Morgan fingerprint density at radius 3 is 1.62 bits per heavy atom. The molecule has 7 aromatic carbocycles. The predicted molar refractivity (Wildman–Crippen MR) is 295 cm³/mol. The Hall–Kier alpha value is -7.87. The van der Waals surface area contributed by atoms with Crippen molar-refractivity contribution in [1.29, 1.82) is 5.26 Å². The molecule has 3 heterocycles. The Labute approximate surface area is 452 Å². The summed E-state index contributed by atoms with van der Waals surface area (Å²) in [5.74, 6) is 0. The summed E-state index contributed by atoms with van der Waals surface area (Å²) in [6.45, 7) is 3.25. The van der Waals surface area contributed by atoms with Crippen molar-refractivity contribution in [2.75, 3.05) is 0 Å². The molecule has 0 aliphatic heterocycles. The van der Waals surface area contributed by atoms with Gasteiger partial charge >= 0.3 is 20.1 Å². The summed E-state index contributed by atoms with van der Waals surface area (Å²) < 4.78 is 42.0. The molecule has 0 amide bonds. The Bertz CT molecular complexity index is 3610. The molecule has 0 saturated heterocycles. The summed E-state index contributed by atoms with van der Waals surface area (Å²) in [6.07, 6.45) is 6.56. The maximum Gasteiger partial charge on any atom is 3.00 e. The number of aromatic nitrogens is 3. The third-order valence-electron chi connectivity index (χ3n) is 12.8. The first-order valence-corrected chi connectivity index (χ1v) is 24.4. The number of rotatable bonds is 14. The minimum absolute atomic E-state index is 0. The van der Waals surface area contributed by atoms with Crippen molar-refractivity contribution in [3.8, 4) is 84.3 Å². The minimum Gasteiger partial charge on any atom is -0.305 e. The average molecular weight is 1130 g/mol. The zero-order chi connectivity index (χ0) is 53.7. The van der Waals surface area contributed by atoms with Gasteiger partial charge in [0.25, 0.3) is 0 Å². The molecule has 0 radical (unpaired) electrons. The van der Waals surface area contributed by atoms with E-state index in [-0.39, 0.29) is 25.7 Å². The van der Waals surface area contributed by atoms with Crippen molar-refractivity contribution >= 4 is 0 Å². The van der Waals surface area contributed by atoms with Crippen LogP contribution in [0.25, 0.3) is 78.3 Å². The molecule has 3 aromatic heterocycles. The summed E-state index contributed by atoms with van der Waals surface area (Å²) >= 11 is 0. The molecule has 10 aromatic rings. The van der Waals surface area contributed by atoms with Gasteiger partial charge in [-0.25, -0.2) is 0 Å². The summed E-state index contributed by atoms with van der Waals surface area (Å²) in [6, 6.07) is 73.7. The van der Waals surface area contributed by atoms with Crippen LogP contribution in [0.3, 0.4) is 0 Å². The second-order valence-electron chi connectivity index (χ2n) is 19.2. The first-order valence-electron chi connectivity index (χ1n) is 26.9. The van der Waals surface area contributed by atoms with Crippen molar-refractivity contribution < 1.29 is 27.0 Å². The zero-order valence-corrected chi connectivity index (χ0v) is 43.4. The summed E-state index contributed by atoms with van der Waals surface area (Å²) in [4.78, 5) is 13.6. The van der Waals surface area contributed by atoms with Crippen LogP contribution in [0.4, 0.5) is 0 Å². The fraction of sp³-hybridized carbons (Fsp3) is 0.147. The zero-order valence-electron chi connectivity index (χ0n) is 46.0. The number of nitrogens with zero attached hydrogens (tertiary/aromatic N) is 4. The van der Waals surface area contributed by atoms with E-state index < -0.39 is 18.6 Å². The molecule has 0 unspecified atom stereocenters. The summed E-state index contributed by atoms with van der Waals surface area (Å²) in [7, 11) is 0. The standard InChI is InChI=1S/C68H55N4.Ir/c1-47-15-36-67(72-46-47)57-34-35-63(64(43-57)53-30-28-52(29-31-53)56-32-33-58(45-69)60(42-56)44-68(2,3)4)62-12-6-5-11-61(62)59-40-50(18-16-48-20-24-54(25-21-48)65-13-7-9-37-70-65)39-51(41-59)19-17-49-22-26-55(27-23-49)66-14-8-10-38-71-66;/h5-15,20-24,26,28-33,35-43,46H,16-19,44H2,1-4H3;/q-3;+3/i1D3,44D2;. The van der Waals surface area contributed by atoms with E-state index in [1.165, 1.54) is 28.5 Å². The number of nitriles is 1. The molecule has 0 aliphatic carbocycles. The quantitative estimate of drug-likeness (QED) is 0.102. The van der Waals surface area contributed by atoms with Gasteiger partial charge in [0, 0.05) is 25.4 Å². The SMILES string of the molecule is [2H]C([2H])([2H])c1ccc(-c2[c-]cc(-c3ccccc3-c3cc(CCc4c[c-]c(-c5ccccn5)cc4)cc(CCc4c[c-]c(-c5ccccn5)cc4)c3)c(-c3ccc(-c4ccc(C#N)c(C([2H])([2H])C(C)(C)C)c4)cc3)c2)nc1.[Ir+3]. The molecular formula is C68H55IrN4. The Kier molecular flexibility index (Phi) is 13.6. The van der Waals surface area contributed by atoms with Crippen LogP contribution < -0.4 is 0 Å². The second kappa shape index (κ2) is 22.7. The van der Waals surface area contributed by atoms with Gasteiger partial charge in [0.05, 0.1) is 11.6 Å². The van der Waals surface area contributed by atoms with Gasteiger partial charge in [-0.05, 0) is 123 Å². The maximum atomic E-state index is 10.0. The van der Waals surface area contributed by atoms with E-state index in [1.54, 1.807) is 30.6 Å². The number of benzene rings is 7. The second-order valence-corrected chi connectivity index (χ2v) is 19.2. The molecule has 0 atom stereocenters. The molecule has 10 rings (SSSR count). The first-order chi connectivity index (χ1) is 37.1. The number of aryl methyl sites for hydroxylation is 5. The van der Waals surface area contributed by atoms with Crippen molar-refractivity contribution in [2.45, 2.75) is 59.7 Å². The molecule has 0 fully saturated rings. The number of pyridine rings is 3. The molecule has 5 heteroatoms. The number of hydrogen-bond acceptors (Lipinski definition) is 4. The van der Waals surface area contributed by atoms with Crippen molar-refractivity contribution in [2.24, 2.45) is 5.41 Å². The van der Waals surface area contributed by atoms with E-state index in [9.17, 15) is 5.26 Å².